The van der Waals surface area contributed by atoms with E-state index in [0.29, 0.717) is 34.3 Å². The molecule has 0 saturated heterocycles. The van der Waals surface area contributed by atoms with Gasteiger partial charge in [0.1, 0.15) is 5.75 Å². The van der Waals surface area contributed by atoms with Crippen molar-refractivity contribution in [3.05, 3.63) is 88.1 Å². The topological polar surface area (TPSA) is 75.0 Å². The predicted molar refractivity (Wildman–Crippen MR) is 103 cm³/mol. The molecule has 1 heterocycles. The van der Waals surface area contributed by atoms with Crippen LogP contribution in [-0.2, 0) is 6.54 Å². The fourth-order valence-corrected chi connectivity index (χ4v) is 2.70. The van der Waals surface area contributed by atoms with Gasteiger partial charge in [-0.2, -0.15) is 5.26 Å². The quantitative estimate of drug-likeness (QED) is 0.703. The van der Waals surface area contributed by atoms with Gasteiger partial charge in [0.05, 0.1) is 17.2 Å². The minimum atomic E-state index is -0.253. The summed E-state index contributed by atoms with van der Waals surface area (Å²) in [5.41, 5.74) is 2.82. The maximum absolute atomic E-state index is 12.3. The summed E-state index contributed by atoms with van der Waals surface area (Å²) in [5, 5.41) is 12.4. The number of nitrogens with zero attached hydrogens (tertiary/aromatic N) is 2. The number of hydrogen-bond donors (Lipinski definition) is 1. The molecule has 0 saturated carbocycles. The smallest absolute Gasteiger partial charge is 0.253 e. The highest BCUT2D eigenvalue weighted by atomic mass is 35.5. The molecule has 134 valence electrons. The zero-order chi connectivity index (χ0) is 19.2. The molecule has 0 unspecified atom stereocenters. The summed E-state index contributed by atoms with van der Waals surface area (Å²) in [6.07, 6.45) is 1.44. The number of rotatable bonds is 5. The number of hydrogen-bond acceptors (Lipinski definition) is 4. The molecule has 1 amide bonds. The van der Waals surface area contributed by atoms with Gasteiger partial charge in [-0.15, -0.1) is 0 Å². The molecule has 0 atom stereocenters. The molecular weight excluding hydrogens is 362 g/mol. The first-order chi connectivity index (χ1) is 13.0. The highest BCUT2D eigenvalue weighted by molar-refractivity contribution is 6.31. The van der Waals surface area contributed by atoms with Crippen LogP contribution in [0.1, 0.15) is 27.0 Å². The normalized spacial score (nSPS) is 10.1. The zero-order valence-corrected chi connectivity index (χ0v) is 15.3. The number of nitriles is 1. The molecule has 0 bridgehead atoms. The molecule has 0 fully saturated rings. The van der Waals surface area contributed by atoms with E-state index >= 15 is 0 Å². The Labute approximate surface area is 162 Å². The number of nitrogens with one attached hydrogen (secondary N) is 1. The van der Waals surface area contributed by atoms with Crippen LogP contribution >= 0.6 is 11.6 Å². The van der Waals surface area contributed by atoms with E-state index in [2.05, 4.69) is 10.3 Å². The van der Waals surface area contributed by atoms with Gasteiger partial charge in [0.15, 0.2) is 0 Å². The molecule has 1 aromatic heterocycles. The Morgan fingerprint density at radius 1 is 1.22 bits per heavy atom. The lowest BCUT2D eigenvalue weighted by Gasteiger charge is -2.09. The van der Waals surface area contributed by atoms with Crippen molar-refractivity contribution in [1.82, 2.24) is 10.3 Å². The largest absolute Gasteiger partial charge is 0.439 e. The molecule has 27 heavy (non-hydrogen) atoms. The fourth-order valence-electron chi connectivity index (χ4n) is 2.40. The third kappa shape index (κ3) is 4.84. The molecule has 0 spiro atoms. The van der Waals surface area contributed by atoms with Gasteiger partial charge < -0.3 is 10.1 Å². The van der Waals surface area contributed by atoms with Crippen LogP contribution < -0.4 is 10.1 Å². The second kappa shape index (κ2) is 8.35. The standard InChI is InChI=1S/C21H16ClN3O2/c1-14-5-6-16(19(22)9-14)12-25-21(26)17-7-8-20(24-13-17)27-18-4-2-3-15(10-18)11-23/h2-10,13H,12H2,1H3,(H,25,26). The van der Waals surface area contributed by atoms with E-state index in [4.69, 9.17) is 21.6 Å². The van der Waals surface area contributed by atoms with Crippen molar-refractivity contribution < 1.29 is 9.53 Å². The van der Waals surface area contributed by atoms with Gasteiger partial charge in [-0.05, 0) is 48.4 Å². The third-order valence-corrected chi connectivity index (χ3v) is 4.18. The lowest BCUT2D eigenvalue weighted by Crippen LogP contribution is -2.23. The van der Waals surface area contributed by atoms with Crippen LogP contribution in [-0.4, -0.2) is 10.9 Å². The molecule has 0 aliphatic carbocycles. The number of carbonyl (C=O) groups excluding carboxylic acids is 1. The van der Waals surface area contributed by atoms with E-state index in [9.17, 15) is 4.79 Å². The van der Waals surface area contributed by atoms with Gasteiger partial charge in [0.2, 0.25) is 5.88 Å². The minimum absolute atomic E-state index is 0.253. The van der Waals surface area contributed by atoms with Crippen LogP contribution in [0.5, 0.6) is 11.6 Å². The Morgan fingerprint density at radius 2 is 2.07 bits per heavy atom. The van der Waals surface area contributed by atoms with E-state index in [0.717, 1.165) is 11.1 Å². The predicted octanol–water partition coefficient (Wildman–Crippen LogP) is 4.64. The first-order valence-corrected chi connectivity index (χ1v) is 8.60. The van der Waals surface area contributed by atoms with Gasteiger partial charge in [-0.1, -0.05) is 29.8 Å². The van der Waals surface area contributed by atoms with E-state index in [1.807, 2.05) is 31.2 Å². The van der Waals surface area contributed by atoms with Gasteiger partial charge in [-0.3, -0.25) is 4.79 Å². The Kier molecular flexibility index (Phi) is 5.70. The van der Waals surface area contributed by atoms with Crippen LogP contribution in [0.15, 0.2) is 60.8 Å². The highest BCUT2D eigenvalue weighted by Crippen LogP contribution is 2.21. The second-order valence-electron chi connectivity index (χ2n) is 5.90. The molecule has 1 N–H and O–H groups in total. The number of carbonyl (C=O) groups is 1. The molecule has 0 aliphatic rings. The van der Waals surface area contributed by atoms with Crippen molar-refractivity contribution in [1.29, 1.82) is 5.26 Å². The van der Waals surface area contributed by atoms with Gasteiger partial charge >= 0.3 is 0 Å². The van der Waals surface area contributed by atoms with Gasteiger partial charge in [-0.25, -0.2) is 4.98 Å². The minimum Gasteiger partial charge on any atom is -0.439 e. The number of benzene rings is 2. The Morgan fingerprint density at radius 3 is 2.78 bits per heavy atom. The number of aromatic nitrogens is 1. The molecule has 0 radical (unpaired) electrons. The Bertz CT molecular complexity index is 1010. The summed E-state index contributed by atoms with van der Waals surface area (Å²) < 4.78 is 5.60. The molecule has 3 aromatic rings. The van der Waals surface area contributed by atoms with Crippen LogP contribution in [0.4, 0.5) is 0 Å². The monoisotopic (exact) mass is 377 g/mol. The number of pyridine rings is 1. The maximum atomic E-state index is 12.3. The second-order valence-corrected chi connectivity index (χ2v) is 6.31. The van der Waals surface area contributed by atoms with Gasteiger partial charge in [0, 0.05) is 23.8 Å². The summed E-state index contributed by atoms with van der Waals surface area (Å²) >= 11 is 6.18. The summed E-state index contributed by atoms with van der Waals surface area (Å²) in [7, 11) is 0. The van der Waals surface area contributed by atoms with Gasteiger partial charge in [0.25, 0.3) is 5.91 Å². The lowest BCUT2D eigenvalue weighted by atomic mass is 10.1. The number of ether oxygens (including phenoxy) is 1. The van der Waals surface area contributed by atoms with Crippen LogP contribution in [0, 0.1) is 18.3 Å². The molecule has 0 aliphatic heterocycles. The average Bonchev–Trinajstić information content (AvgIpc) is 2.68. The molecule has 3 rings (SSSR count). The zero-order valence-electron chi connectivity index (χ0n) is 14.6. The van der Waals surface area contributed by atoms with Crippen molar-refractivity contribution in [3.63, 3.8) is 0 Å². The highest BCUT2D eigenvalue weighted by Gasteiger charge is 2.08. The average molecular weight is 378 g/mol. The third-order valence-electron chi connectivity index (χ3n) is 3.83. The van der Waals surface area contributed by atoms with Crippen molar-refractivity contribution in [3.8, 4) is 17.7 Å². The lowest BCUT2D eigenvalue weighted by molar-refractivity contribution is 0.0950. The van der Waals surface area contributed by atoms with E-state index in [-0.39, 0.29) is 5.91 Å². The molecule has 5 nitrogen and oxygen atoms in total. The van der Waals surface area contributed by atoms with Crippen molar-refractivity contribution >= 4 is 17.5 Å². The fraction of sp³-hybridized carbons (Fsp3) is 0.0952. The number of amides is 1. The molecular formula is C21H16ClN3O2. The first-order valence-electron chi connectivity index (χ1n) is 8.22. The number of halogens is 1. The van der Waals surface area contributed by atoms with E-state index in [1.165, 1.54) is 6.20 Å². The van der Waals surface area contributed by atoms with Crippen LogP contribution in [0.3, 0.4) is 0 Å². The SMILES string of the molecule is Cc1ccc(CNC(=O)c2ccc(Oc3cccc(C#N)c3)nc2)c(Cl)c1. The van der Waals surface area contributed by atoms with Crippen molar-refractivity contribution in [2.24, 2.45) is 0 Å². The maximum Gasteiger partial charge on any atom is 0.253 e. The van der Waals surface area contributed by atoms with Crippen LogP contribution in [0.2, 0.25) is 5.02 Å². The summed E-state index contributed by atoms with van der Waals surface area (Å²) in [6, 6.07) is 17.7. The Hall–Kier alpha value is -3.36. The van der Waals surface area contributed by atoms with Crippen molar-refractivity contribution in [2.75, 3.05) is 0 Å². The van der Waals surface area contributed by atoms with Crippen LogP contribution in [0.25, 0.3) is 0 Å². The molecule has 2 aromatic carbocycles. The Balaban J connectivity index is 1.62. The van der Waals surface area contributed by atoms with E-state index in [1.54, 1.807) is 36.4 Å². The van der Waals surface area contributed by atoms with E-state index < -0.39 is 0 Å². The number of aryl methyl sites for hydroxylation is 1. The summed E-state index contributed by atoms with van der Waals surface area (Å²) in [6.45, 7) is 2.29. The summed E-state index contributed by atoms with van der Waals surface area (Å²) in [4.78, 5) is 16.4. The molecule has 6 heteroatoms. The van der Waals surface area contributed by atoms with Crippen molar-refractivity contribution in [2.45, 2.75) is 13.5 Å². The first kappa shape index (κ1) is 18.4. The summed E-state index contributed by atoms with van der Waals surface area (Å²) in [5.74, 6) is 0.591.